The van der Waals surface area contributed by atoms with Crippen LogP contribution in [0.1, 0.15) is 214 Å². The number of fused-ring (bicyclic) bond motifs is 8. The summed E-state index contributed by atoms with van der Waals surface area (Å²) in [4.78, 5) is 20.1. The van der Waals surface area contributed by atoms with E-state index in [0.717, 1.165) is 87.4 Å². The Morgan fingerprint density at radius 1 is 0.551 bits per heavy atom. The monoisotopic (exact) mass is 944 g/mol. The maximum atomic E-state index is 14.9. The van der Waals surface area contributed by atoms with Crippen molar-refractivity contribution in [3.8, 4) is 23.0 Å². The largest absolute Gasteiger partial charge is 0.493 e. The van der Waals surface area contributed by atoms with Crippen molar-refractivity contribution in [3.05, 3.63) is 115 Å². The Labute approximate surface area is 416 Å². The fraction of sp³-hybridized carbons (Fsp3) is 0.574. The van der Waals surface area contributed by atoms with Crippen LogP contribution < -0.4 is 18.9 Å². The van der Waals surface area contributed by atoms with Gasteiger partial charge in [0.1, 0.15) is 29.6 Å². The first-order chi connectivity index (χ1) is 32.6. The summed E-state index contributed by atoms with van der Waals surface area (Å²) in [7, 11) is 0. The molecule has 4 aromatic carbocycles. The fourth-order valence-corrected chi connectivity index (χ4v) is 9.27. The molecule has 2 aliphatic rings. The van der Waals surface area contributed by atoms with Gasteiger partial charge in [0.2, 0.25) is 5.90 Å². The van der Waals surface area contributed by atoms with Crippen LogP contribution in [0.15, 0.2) is 47.5 Å². The van der Waals surface area contributed by atoms with Crippen LogP contribution in [0.25, 0.3) is 0 Å². The molecule has 0 saturated heterocycles. The normalized spacial score (nSPS) is 15.1. The molecule has 1 aliphatic heterocycles. The molecule has 0 spiro atoms. The summed E-state index contributed by atoms with van der Waals surface area (Å²) in [6.45, 7) is 38.1. The van der Waals surface area contributed by atoms with Gasteiger partial charge in [0, 0.05) is 31.2 Å². The van der Waals surface area contributed by atoms with Crippen molar-refractivity contribution < 1.29 is 33.2 Å². The second-order valence-electron chi connectivity index (χ2n) is 22.8. The van der Waals surface area contributed by atoms with Gasteiger partial charge in [-0.05, 0) is 116 Å². The van der Waals surface area contributed by atoms with Crippen LogP contribution in [-0.4, -0.2) is 57.6 Å². The molecule has 1 atom stereocenters. The predicted octanol–water partition coefficient (Wildman–Crippen LogP) is 14.4. The maximum absolute atomic E-state index is 14.9. The van der Waals surface area contributed by atoms with Gasteiger partial charge in [0.05, 0.1) is 50.2 Å². The van der Waals surface area contributed by atoms with Gasteiger partial charge >= 0.3 is 5.97 Å². The molecule has 0 radical (unpaired) electrons. The van der Waals surface area contributed by atoms with Gasteiger partial charge in [-0.3, -0.25) is 0 Å². The van der Waals surface area contributed by atoms with E-state index in [9.17, 15) is 4.79 Å². The fourth-order valence-electron chi connectivity index (χ4n) is 9.27. The molecule has 1 aliphatic carbocycles. The van der Waals surface area contributed by atoms with E-state index in [2.05, 4.69) is 146 Å². The number of carbonyl (C=O) groups is 1. The molecule has 69 heavy (non-hydrogen) atoms. The molecule has 8 bridgehead atoms. The van der Waals surface area contributed by atoms with Crippen molar-refractivity contribution in [1.82, 2.24) is 0 Å². The Hall–Kier alpha value is -4.98. The van der Waals surface area contributed by atoms with Crippen LogP contribution in [0, 0.1) is 5.92 Å². The average molecular weight is 944 g/mol. The number of aliphatic imine (C=N–C) groups is 1. The third-order valence-corrected chi connectivity index (χ3v) is 13.2. The first-order valence-corrected chi connectivity index (χ1v) is 26.2. The lowest BCUT2D eigenvalue weighted by Crippen LogP contribution is -2.20. The summed E-state index contributed by atoms with van der Waals surface area (Å²) in [6.07, 6.45) is 5.34. The van der Waals surface area contributed by atoms with E-state index >= 15 is 0 Å². The van der Waals surface area contributed by atoms with Crippen molar-refractivity contribution in [3.63, 3.8) is 0 Å². The minimum atomic E-state index is -0.430. The van der Waals surface area contributed by atoms with Crippen LogP contribution in [-0.2, 0) is 51.4 Å². The van der Waals surface area contributed by atoms with Gasteiger partial charge in [-0.15, -0.1) is 0 Å². The van der Waals surface area contributed by atoms with E-state index in [1.165, 1.54) is 16.7 Å². The molecule has 6 rings (SSSR count). The minimum Gasteiger partial charge on any atom is -0.493 e. The summed E-state index contributed by atoms with van der Waals surface area (Å²) in [5.74, 6) is 3.59. The van der Waals surface area contributed by atoms with Crippen LogP contribution in [0.5, 0.6) is 23.0 Å². The molecule has 1 heterocycles. The summed E-state index contributed by atoms with van der Waals surface area (Å²) < 4.78 is 40.6. The number of benzene rings is 4. The zero-order chi connectivity index (χ0) is 50.4. The first kappa shape index (κ1) is 53.4. The zero-order valence-corrected chi connectivity index (χ0v) is 45.4. The molecule has 376 valence electrons. The highest BCUT2D eigenvalue weighted by molar-refractivity contribution is 6.07. The molecule has 8 nitrogen and oxygen atoms in total. The first-order valence-electron chi connectivity index (χ1n) is 26.2. The highest BCUT2D eigenvalue weighted by atomic mass is 16.5. The number of carbonyl (C=O) groups excluding carboxylic acids is 1. The van der Waals surface area contributed by atoms with Gasteiger partial charge in [0.15, 0.2) is 0 Å². The van der Waals surface area contributed by atoms with Crippen molar-refractivity contribution in [2.75, 3.05) is 39.6 Å². The lowest BCUT2D eigenvalue weighted by Gasteiger charge is -2.29. The summed E-state index contributed by atoms with van der Waals surface area (Å²) in [5, 5.41) is 0. The van der Waals surface area contributed by atoms with E-state index in [1.54, 1.807) is 0 Å². The highest BCUT2D eigenvalue weighted by Crippen LogP contribution is 2.45. The lowest BCUT2D eigenvalue weighted by atomic mass is 9.79. The second-order valence-corrected chi connectivity index (χ2v) is 22.8. The Balaban J connectivity index is 1.87. The SMILES string of the molecule is CCCOc1c2cc(C(C)(C)C)cc1Cc1cc(C(C)(C)C)cc(c1OCCC)Cc1c(OCCC)c(cc(C3=N[C@@H](C(C)C)CO3)c1C(=O)OCC)Cc1cc(C(C)(C)C)cc(c1OCCC)C2. The molecular formula is C61H85NO7. The average Bonchev–Trinajstić information content (AvgIpc) is 3.77. The smallest absolute Gasteiger partial charge is 0.339 e. The number of esters is 1. The Kier molecular flexibility index (Phi) is 17.3. The van der Waals surface area contributed by atoms with E-state index in [4.69, 9.17) is 33.4 Å². The lowest BCUT2D eigenvalue weighted by molar-refractivity contribution is 0.0524. The quantitative estimate of drug-likeness (QED) is 0.0911. The molecule has 0 fully saturated rings. The van der Waals surface area contributed by atoms with Crippen LogP contribution >= 0.6 is 0 Å². The Morgan fingerprint density at radius 3 is 1.22 bits per heavy atom. The van der Waals surface area contributed by atoms with Gasteiger partial charge in [-0.2, -0.15) is 0 Å². The van der Waals surface area contributed by atoms with Crippen molar-refractivity contribution in [1.29, 1.82) is 0 Å². The summed E-state index contributed by atoms with van der Waals surface area (Å²) >= 11 is 0. The number of nitrogens with zero attached hydrogens (tertiary/aromatic N) is 1. The summed E-state index contributed by atoms with van der Waals surface area (Å²) in [5.41, 5.74) is 12.3. The van der Waals surface area contributed by atoms with Crippen LogP contribution in [0.4, 0.5) is 0 Å². The number of hydrogen-bond acceptors (Lipinski definition) is 8. The maximum Gasteiger partial charge on any atom is 0.339 e. The Morgan fingerprint density at radius 2 is 0.899 bits per heavy atom. The molecular weight excluding hydrogens is 859 g/mol. The molecule has 0 saturated carbocycles. The standard InChI is InChI=1S/C61H85NO7/c1-17-22-65-53-39-26-40-30-47(60(11,12)13)33-43(54(40)66-23-18-2)28-44-36-50(57-62-51(37-69-57)38(6)7)52(58(63)64-21-5)49(56(44)68-25-20-4)35-45-34-48(61(14,15)16)32-42(55(45)67-24-19-3)27-41(53)31-46(29-39)59(8,9)10/h29-34,36,38,51H,17-28,35,37H2,1-16H3/t51-/m1/s1. The number of ether oxygens (including phenoxy) is 6. The van der Waals surface area contributed by atoms with Crippen molar-refractivity contribution in [2.45, 2.75) is 184 Å². The highest BCUT2D eigenvalue weighted by Gasteiger charge is 2.34. The molecule has 0 N–H and O–H groups in total. The van der Waals surface area contributed by atoms with E-state index in [0.29, 0.717) is 81.5 Å². The number of hydrogen-bond donors (Lipinski definition) is 0. The van der Waals surface area contributed by atoms with E-state index < -0.39 is 5.97 Å². The van der Waals surface area contributed by atoms with Gasteiger partial charge < -0.3 is 28.4 Å². The van der Waals surface area contributed by atoms with Gasteiger partial charge in [0.25, 0.3) is 0 Å². The topological polar surface area (TPSA) is 84.8 Å². The molecule has 0 aromatic heterocycles. The van der Waals surface area contributed by atoms with Crippen molar-refractivity contribution in [2.24, 2.45) is 10.9 Å². The van der Waals surface area contributed by atoms with Gasteiger partial charge in [-0.1, -0.05) is 140 Å². The zero-order valence-electron chi connectivity index (χ0n) is 45.4. The van der Waals surface area contributed by atoms with Gasteiger partial charge in [-0.25, -0.2) is 9.79 Å². The molecule has 8 heteroatoms. The third-order valence-electron chi connectivity index (χ3n) is 13.2. The van der Waals surface area contributed by atoms with Crippen LogP contribution in [0.3, 0.4) is 0 Å². The molecule has 0 amide bonds. The van der Waals surface area contributed by atoms with E-state index in [-0.39, 0.29) is 34.8 Å². The number of rotatable bonds is 16. The summed E-state index contributed by atoms with van der Waals surface area (Å²) in [6, 6.07) is 16.1. The van der Waals surface area contributed by atoms with E-state index in [1.807, 2.05) is 6.92 Å². The second kappa shape index (κ2) is 22.4. The van der Waals surface area contributed by atoms with Crippen molar-refractivity contribution >= 4 is 11.9 Å². The Bertz CT molecular complexity index is 2470. The third kappa shape index (κ3) is 12.5. The van der Waals surface area contributed by atoms with Crippen LogP contribution in [0.2, 0.25) is 0 Å². The molecule has 4 aromatic rings. The minimum absolute atomic E-state index is 0.0502. The predicted molar refractivity (Wildman–Crippen MR) is 283 cm³/mol. The molecule has 0 unspecified atom stereocenters.